The number of thiol groups is 1. The first kappa shape index (κ1) is 12.4. The van der Waals surface area contributed by atoms with E-state index in [1.165, 1.54) is 0 Å². The van der Waals surface area contributed by atoms with Crippen molar-refractivity contribution in [3.05, 3.63) is 28.6 Å². The molecule has 0 atom stereocenters. The Labute approximate surface area is 110 Å². The first-order valence-corrected chi connectivity index (χ1v) is 6.53. The topological polar surface area (TPSA) is 34.2 Å². The summed E-state index contributed by atoms with van der Waals surface area (Å²) in [5.41, 5.74) is 1.92. The van der Waals surface area contributed by atoms with Crippen molar-refractivity contribution in [3.63, 3.8) is 0 Å². The quantitative estimate of drug-likeness (QED) is 0.835. The molecule has 0 bridgehead atoms. The van der Waals surface area contributed by atoms with Crippen molar-refractivity contribution in [1.29, 1.82) is 0 Å². The molecule has 0 aliphatic heterocycles. The molecule has 17 heavy (non-hydrogen) atoms. The minimum atomic E-state index is 0.785. The number of hydrogen-bond donors (Lipinski definition) is 2. The van der Waals surface area contributed by atoms with Gasteiger partial charge in [0.15, 0.2) is 0 Å². The maximum absolute atomic E-state index is 5.34. The molecule has 1 N–H and O–H groups in total. The van der Waals surface area contributed by atoms with Gasteiger partial charge in [0.05, 0.1) is 12.8 Å². The summed E-state index contributed by atoms with van der Waals surface area (Å²) in [5, 5.41) is 6.19. The predicted octanol–water partition coefficient (Wildman–Crippen LogP) is 2.83. The third-order valence-corrected chi connectivity index (χ3v) is 3.47. The van der Waals surface area contributed by atoms with Crippen LogP contribution in [0.3, 0.4) is 0 Å². The molecule has 1 aromatic heterocycles. The number of benzene rings is 1. The molecule has 2 rings (SSSR count). The Kier molecular flexibility index (Phi) is 4.04. The van der Waals surface area contributed by atoms with Crippen LogP contribution < -0.4 is 10.1 Å². The standard InChI is InChI=1S/C12H14N2OS2/c1-13-6-12-14-10(7-17-12)9-5-8(16)3-4-11(9)15-2/h3-5,7,13,16H,6H2,1-2H3. The van der Waals surface area contributed by atoms with Gasteiger partial charge in [0.1, 0.15) is 10.8 Å². The largest absolute Gasteiger partial charge is 0.496 e. The van der Waals surface area contributed by atoms with Gasteiger partial charge < -0.3 is 10.1 Å². The fourth-order valence-electron chi connectivity index (χ4n) is 1.56. The van der Waals surface area contributed by atoms with Crippen molar-refractivity contribution >= 4 is 24.0 Å². The van der Waals surface area contributed by atoms with E-state index in [0.717, 1.165) is 33.5 Å². The average molecular weight is 266 g/mol. The summed E-state index contributed by atoms with van der Waals surface area (Å²) in [7, 11) is 3.58. The van der Waals surface area contributed by atoms with Gasteiger partial charge >= 0.3 is 0 Å². The van der Waals surface area contributed by atoms with Crippen LogP contribution in [-0.2, 0) is 6.54 Å². The van der Waals surface area contributed by atoms with Crippen molar-refractivity contribution in [1.82, 2.24) is 10.3 Å². The number of aromatic nitrogens is 1. The molecule has 0 fully saturated rings. The lowest BCUT2D eigenvalue weighted by Crippen LogP contribution is -2.04. The lowest BCUT2D eigenvalue weighted by molar-refractivity contribution is 0.416. The van der Waals surface area contributed by atoms with E-state index in [0.29, 0.717) is 0 Å². The van der Waals surface area contributed by atoms with Crippen LogP contribution in [0.4, 0.5) is 0 Å². The number of nitrogens with zero attached hydrogens (tertiary/aromatic N) is 1. The van der Waals surface area contributed by atoms with Gasteiger partial charge in [0.25, 0.3) is 0 Å². The Bertz CT molecular complexity index is 511. The van der Waals surface area contributed by atoms with E-state index < -0.39 is 0 Å². The Hall–Kier alpha value is -1.04. The molecule has 0 saturated carbocycles. The Morgan fingerprint density at radius 3 is 3.00 bits per heavy atom. The summed E-state index contributed by atoms with van der Waals surface area (Å²) in [6.45, 7) is 0.785. The zero-order valence-corrected chi connectivity index (χ0v) is 11.4. The smallest absolute Gasteiger partial charge is 0.128 e. The highest BCUT2D eigenvalue weighted by atomic mass is 32.1. The van der Waals surface area contributed by atoms with Gasteiger partial charge in [-0.05, 0) is 25.2 Å². The molecule has 0 amide bonds. The van der Waals surface area contributed by atoms with E-state index in [9.17, 15) is 0 Å². The molecule has 3 nitrogen and oxygen atoms in total. The van der Waals surface area contributed by atoms with Crippen LogP contribution in [0.25, 0.3) is 11.3 Å². The fourth-order valence-corrected chi connectivity index (χ4v) is 2.57. The monoisotopic (exact) mass is 266 g/mol. The summed E-state index contributed by atoms with van der Waals surface area (Å²) in [5.74, 6) is 0.823. The molecule has 90 valence electrons. The Morgan fingerprint density at radius 2 is 2.29 bits per heavy atom. The molecule has 5 heteroatoms. The lowest BCUT2D eigenvalue weighted by atomic mass is 10.1. The molecular weight excluding hydrogens is 252 g/mol. The van der Waals surface area contributed by atoms with Gasteiger partial charge in [-0.25, -0.2) is 4.98 Å². The van der Waals surface area contributed by atoms with Crippen LogP contribution in [-0.4, -0.2) is 19.1 Å². The molecule has 0 aliphatic carbocycles. The minimum Gasteiger partial charge on any atom is -0.496 e. The Morgan fingerprint density at radius 1 is 1.47 bits per heavy atom. The second-order valence-electron chi connectivity index (χ2n) is 3.54. The van der Waals surface area contributed by atoms with Gasteiger partial charge in [-0.1, -0.05) is 0 Å². The van der Waals surface area contributed by atoms with Crippen LogP contribution in [0.2, 0.25) is 0 Å². The molecule has 0 radical (unpaired) electrons. The van der Waals surface area contributed by atoms with E-state index in [1.807, 2.05) is 30.6 Å². The zero-order valence-electron chi connectivity index (χ0n) is 9.73. The van der Waals surface area contributed by atoms with Crippen LogP contribution >= 0.6 is 24.0 Å². The van der Waals surface area contributed by atoms with Crippen molar-refractivity contribution in [2.24, 2.45) is 0 Å². The van der Waals surface area contributed by atoms with Gasteiger partial charge in [-0.3, -0.25) is 0 Å². The second kappa shape index (κ2) is 5.53. The highest BCUT2D eigenvalue weighted by Crippen LogP contribution is 2.32. The molecular formula is C12H14N2OS2. The van der Waals surface area contributed by atoms with Crippen LogP contribution in [0.1, 0.15) is 5.01 Å². The normalized spacial score (nSPS) is 10.5. The van der Waals surface area contributed by atoms with E-state index in [-0.39, 0.29) is 0 Å². The third-order valence-electron chi connectivity index (χ3n) is 2.34. The summed E-state index contributed by atoms with van der Waals surface area (Å²) >= 11 is 5.99. The number of methoxy groups -OCH3 is 1. The summed E-state index contributed by atoms with van der Waals surface area (Å²) in [6.07, 6.45) is 0. The molecule has 0 spiro atoms. The van der Waals surface area contributed by atoms with Gasteiger partial charge in [-0.2, -0.15) is 0 Å². The first-order chi connectivity index (χ1) is 8.24. The van der Waals surface area contributed by atoms with Crippen molar-refractivity contribution in [2.45, 2.75) is 11.4 Å². The number of rotatable bonds is 4. The highest BCUT2D eigenvalue weighted by molar-refractivity contribution is 7.80. The van der Waals surface area contributed by atoms with E-state index in [4.69, 9.17) is 4.74 Å². The van der Waals surface area contributed by atoms with Gasteiger partial charge in [-0.15, -0.1) is 24.0 Å². The predicted molar refractivity (Wildman–Crippen MR) is 74.1 cm³/mol. The minimum absolute atomic E-state index is 0.785. The van der Waals surface area contributed by atoms with E-state index in [2.05, 4.69) is 22.9 Å². The highest BCUT2D eigenvalue weighted by Gasteiger charge is 2.10. The van der Waals surface area contributed by atoms with Crippen LogP contribution in [0.15, 0.2) is 28.5 Å². The van der Waals surface area contributed by atoms with E-state index in [1.54, 1.807) is 18.4 Å². The molecule has 0 unspecified atom stereocenters. The number of nitrogens with one attached hydrogen (secondary N) is 1. The van der Waals surface area contributed by atoms with Gasteiger partial charge in [0.2, 0.25) is 0 Å². The maximum Gasteiger partial charge on any atom is 0.128 e. The van der Waals surface area contributed by atoms with Crippen molar-refractivity contribution in [3.8, 4) is 17.0 Å². The molecule has 1 heterocycles. The maximum atomic E-state index is 5.34. The van der Waals surface area contributed by atoms with Crippen LogP contribution in [0, 0.1) is 0 Å². The summed E-state index contributed by atoms with van der Waals surface area (Å²) < 4.78 is 5.34. The SMILES string of the molecule is CNCc1nc(-c2cc(S)ccc2OC)cs1. The van der Waals surface area contributed by atoms with Gasteiger partial charge in [0, 0.05) is 22.4 Å². The van der Waals surface area contributed by atoms with Crippen molar-refractivity contribution in [2.75, 3.05) is 14.2 Å². The Balaban J connectivity index is 2.40. The van der Waals surface area contributed by atoms with E-state index >= 15 is 0 Å². The molecule has 1 aromatic carbocycles. The van der Waals surface area contributed by atoms with Crippen LogP contribution in [0.5, 0.6) is 5.75 Å². The summed E-state index contributed by atoms with van der Waals surface area (Å²) in [6, 6.07) is 5.79. The summed E-state index contributed by atoms with van der Waals surface area (Å²) in [4.78, 5) is 5.47. The fraction of sp³-hybridized carbons (Fsp3) is 0.250. The number of ether oxygens (including phenoxy) is 1. The molecule has 2 aromatic rings. The third kappa shape index (κ3) is 2.80. The molecule has 0 saturated heterocycles. The first-order valence-electron chi connectivity index (χ1n) is 5.21. The molecule has 0 aliphatic rings. The number of thiazole rings is 1. The zero-order chi connectivity index (χ0) is 12.3. The second-order valence-corrected chi connectivity index (χ2v) is 5.00. The van der Waals surface area contributed by atoms with Crippen molar-refractivity contribution < 1.29 is 4.74 Å². The lowest BCUT2D eigenvalue weighted by Gasteiger charge is -2.06. The number of hydrogen-bond acceptors (Lipinski definition) is 5. The average Bonchev–Trinajstić information content (AvgIpc) is 2.78.